The summed E-state index contributed by atoms with van der Waals surface area (Å²) in [6.45, 7) is 0.225. The lowest BCUT2D eigenvalue weighted by atomic mass is 10.2. The zero-order valence-corrected chi connectivity index (χ0v) is 6.94. The second kappa shape index (κ2) is 3.36. The lowest BCUT2D eigenvalue weighted by Crippen LogP contribution is -2.00. The Bertz CT molecular complexity index is 293. The molecule has 0 aromatic carbocycles. The van der Waals surface area contributed by atoms with Gasteiger partial charge >= 0.3 is 5.97 Å². The number of carboxylic acid groups (broad SMARTS) is 1. The molecule has 5 heteroatoms. The number of carbonyl (C=O) groups is 1. The van der Waals surface area contributed by atoms with Gasteiger partial charge in [-0.1, -0.05) is 0 Å². The molecule has 0 aliphatic heterocycles. The first-order chi connectivity index (χ1) is 5.65. The third-order valence-electron chi connectivity index (χ3n) is 1.42. The summed E-state index contributed by atoms with van der Waals surface area (Å²) in [7, 11) is 3.17. The van der Waals surface area contributed by atoms with Crippen LogP contribution in [-0.4, -0.2) is 28.0 Å². The number of hydrogen-bond donors (Lipinski definition) is 1. The number of methoxy groups -OCH3 is 1. The monoisotopic (exact) mass is 170 g/mol. The van der Waals surface area contributed by atoms with Crippen LogP contribution < -0.4 is 0 Å². The molecular weight excluding hydrogens is 160 g/mol. The fraction of sp³-hybridized carbons (Fsp3) is 0.429. The number of aromatic nitrogens is 2. The summed E-state index contributed by atoms with van der Waals surface area (Å²) in [6.07, 6.45) is 1.46. The molecule has 66 valence electrons. The average molecular weight is 170 g/mol. The SMILES string of the molecule is COCc1nn(C)cc1C(=O)O. The predicted octanol–water partition coefficient (Wildman–Crippen LogP) is 0.265. The number of nitrogens with zero attached hydrogens (tertiary/aromatic N) is 2. The summed E-state index contributed by atoms with van der Waals surface area (Å²) in [4.78, 5) is 10.6. The Kier molecular flexibility index (Phi) is 2.44. The Hall–Kier alpha value is -1.36. The Morgan fingerprint density at radius 3 is 3.00 bits per heavy atom. The van der Waals surface area contributed by atoms with Crippen molar-refractivity contribution in [1.82, 2.24) is 9.78 Å². The van der Waals surface area contributed by atoms with E-state index in [4.69, 9.17) is 9.84 Å². The molecule has 1 aromatic heterocycles. The van der Waals surface area contributed by atoms with Crippen molar-refractivity contribution >= 4 is 5.97 Å². The molecule has 1 aromatic rings. The number of hydrogen-bond acceptors (Lipinski definition) is 3. The van der Waals surface area contributed by atoms with Crippen LogP contribution in [0.3, 0.4) is 0 Å². The van der Waals surface area contributed by atoms with Crippen LogP contribution in [0, 0.1) is 0 Å². The molecular formula is C7H10N2O3. The van der Waals surface area contributed by atoms with Crippen LogP contribution in [0.25, 0.3) is 0 Å². The topological polar surface area (TPSA) is 64.4 Å². The smallest absolute Gasteiger partial charge is 0.339 e. The molecule has 5 nitrogen and oxygen atoms in total. The van der Waals surface area contributed by atoms with Gasteiger partial charge in [-0.05, 0) is 0 Å². The minimum Gasteiger partial charge on any atom is -0.478 e. The summed E-state index contributed by atoms with van der Waals surface area (Å²) in [5.41, 5.74) is 0.645. The fourth-order valence-corrected chi connectivity index (χ4v) is 0.956. The molecule has 0 spiro atoms. The lowest BCUT2D eigenvalue weighted by molar-refractivity contribution is 0.0691. The number of ether oxygens (including phenoxy) is 1. The maximum absolute atomic E-state index is 10.6. The summed E-state index contributed by atoms with van der Waals surface area (Å²) >= 11 is 0. The molecule has 12 heavy (non-hydrogen) atoms. The van der Waals surface area contributed by atoms with Gasteiger partial charge in [-0.15, -0.1) is 0 Å². The Labute approximate surface area is 69.6 Å². The highest BCUT2D eigenvalue weighted by atomic mass is 16.5. The molecule has 1 rings (SSSR count). The Morgan fingerprint density at radius 2 is 2.50 bits per heavy atom. The normalized spacial score (nSPS) is 10.2. The van der Waals surface area contributed by atoms with E-state index >= 15 is 0 Å². The summed E-state index contributed by atoms with van der Waals surface area (Å²) in [5.74, 6) is -0.977. The van der Waals surface area contributed by atoms with Gasteiger partial charge in [0.2, 0.25) is 0 Å². The summed E-state index contributed by atoms with van der Waals surface area (Å²) in [6, 6.07) is 0. The molecule has 0 saturated carbocycles. The first kappa shape index (κ1) is 8.73. The van der Waals surface area contributed by atoms with Gasteiger partial charge in [0.15, 0.2) is 0 Å². The third kappa shape index (κ3) is 1.62. The van der Waals surface area contributed by atoms with Crippen LogP contribution in [0.4, 0.5) is 0 Å². The highest BCUT2D eigenvalue weighted by molar-refractivity contribution is 5.88. The zero-order valence-electron chi connectivity index (χ0n) is 6.94. The second-order valence-electron chi connectivity index (χ2n) is 2.40. The van der Waals surface area contributed by atoms with E-state index in [0.717, 1.165) is 0 Å². The average Bonchev–Trinajstić information content (AvgIpc) is 2.32. The van der Waals surface area contributed by atoms with Crippen LogP contribution in [0.5, 0.6) is 0 Å². The fourth-order valence-electron chi connectivity index (χ4n) is 0.956. The molecule has 0 unspecified atom stereocenters. The highest BCUT2D eigenvalue weighted by Gasteiger charge is 2.13. The molecule has 0 atom stereocenters. The number of aromatic carboxylic acids is 1. The molecule has 0 aliphatic carbocycles. The predicted molar refractivity (Wildman–Crippen MR) is 40.9 cm³/mol. The van der Waals surface area contributed by atoms with Crippen molar-refractivity contribution in [3.63, 3.8) is 0 Å². The van der Waals surface area contributed by atoms with Gasteiger partial charge in [0.1, 0.15) is 11.3 Å². The van der Waals surface area contributed by atoms with Crippen molar-refractivity contribution in [3.8, 4) is 0 Å². The van der Waals surface area contributed by atoms with Crippen molar-refractivity contribution in [2.24, 2.45) is 7.05 Å². The summed E-state index contributed by atoms with van der Waals surface area (Å²) in [5, 5.41) is 12.6. The van der Waals surface area contributed by atoms with E-state index < -0.39 is 5.97 Å². The lowest BCUT2D eigenvalue weighted by Gasteiger charge is -1.94. The first-order valence-electron chi connectivity index (χ1n) is 3.40. The second-order valence-corrected chi connectivity index (χ2v) is 2.40. The van der Waals surface area contributed by atoms with E-state index in [1.54, 1.807) is 7.05 Å². The molecule has 0 radical (unpaired) electrons. The number of rotatable bonds is 3. The molecule has 0 saturated heterocycles. The quantitative estimate of drug-likeness (QED) is 0.706. The van der Waals surface area contributed by atoms with E-state index in [2.05, 4.69) is 5.10 Å². The van der Waals surface area contributed by atoms with Crippen molar-refractivity contribution in [1.29, 1.82) is 0 Å². The van der Waals surface area contributed by atoms with Crippen LogP contribution in [0.1, 0.15) is 16.1 Å². The van der Waals surface area contributed by atoms with Crippen molar-refractivity contribution in [3.05, 3.63) is 17.5 Å². The van der Waals surface area contributed by atoms with Gasteiger partial charge in [-0.25, -0.2) is 4.79 Å². The number of carboxylic acids is 1. The van der Waals surface area contributed by atoms with Crippen LogP contribution in [0.15, 0.2) is 6.20 Å². The Balaban J connectivity index is 2.99. The maximum Gasteiger partial charge on any atom is 0.339 e. The molecule has 0 aliphatic rings. The zero-order chi connectivity index (χ0) is 9.14. The standard InChI is InChI=1S/C7H10N2O3/c1-9-3-5(7(10)11)6(8-9)4-12-2/h3H,4H2,1-2H3,(H,10,11). The first-order valence-corrected chi connectivity index (χ1v) is 3.40. The van der Waals surface area contributed by atoms with Gasteiger partial charge < -0.3 is 9.84 Å². The highest BCUT2D eigenvalue weighted by Crippen LogP contribution is 2.06. The van der Waals surface area contributed by atoms with Crippen molar-refractivity contribution in [2.75, 3.05) is 7.11 Å². The van der Waals surface area contributed by atoms with E-state index in [0.29, 0.717) is 5.69 Å². The van der Waals surface area contributed by atoms with Crippen LogP contribution in [0.2, 0.25) is 0 Å². The van der Waals surface area contributed by atoms with Gasteiger partial charge in [0.05, 0.1) is 6.61 Å². The van der Waals surface area contributed by atoms with E-state index in [1.165, 1.54) is 18.0 Å². The minimum absolute atomic E-state index is 0.194. The van der Waals surface area contributed by atoms with Crippen LogP contribution >= 0.6 is 0 Å². The van der Waals surface area contributed by atoms with Gasteiger partial charge in [-0.2, -0.15) is 5.10 Å². The molecule has 1 N–H and O–H groups in total. The Morgan fingerprint density at radius 1 is 1.83 bits per heavy atom. The van der Waals surface area contributed by atoms with Gasteiger partial charge in [0.25, 0.3) is 0 Å². The largest absolute Gasteiger partial charge is 0.478 e. The van der Waals surface area contributed by atoms with E-state index in [9.17, 15) is 4.79 Å². The summed E-state index contributed by atoms with van der Waals surface area (Å²) < 4.78 is 6.25. The third-order valence-corrected chi connectivity index (χ3v) is 1.42. The number of aryl methyl sites for hydroxylation is 1. The van der Waals surface area contributed by atoms with Gasteiger partial charge in [0, 0.05) is 20.4 Å². The van der Waals surface area contributed by atoms with Crippen molar-refractivity contribution < 1.29 is 14.6 Å². The van der Waals surface area contributed by atoms with E-state index in [-0.39, 0.29) is 12.2 Å². The minimum atomic E-state index is -0.977. The van der Waals surface area contributed by atoms with E-state index in [1.807, 2.05) is 0 Å². The molecule has 0 bridgehead atoms. The molecule has 0 fully saturated rings. The van der Waals surface area contributed by atoms with Crippen molar-refractivity contribution in [2.45, 2.75) is 6.61 Å². The molecule has 1 heterocycles. The van der Waals surface area contributed by atoms with Gasteiger partial charge in [-0.3, -0.25) is 4.68 Å². The maximum atomic E-state index is 10.6. The van der Waals surface area contributed by atoms with Crippen LogP contribution in [-0.2, 0) is 18.4 Å². The molecule has 0 amide bonds.